The van der Waals surface area contributed by atoms with Gasteiger partial charge in [0.05, 0.1) is 17.3 Å². The summed E-state index contributed by atoms with van der Waals surface area (Å²) in [5.41, 5.74) is 1.13. The topological polar surface area (TPSA) is 55.3 Å². The molecule has 198 valence electrons. The molecule has 2 aromatic heterocycles. The summed E-state index contributed by atoms with van der Waals surface area (Å²) in [6.45, 7) is 5.54. The predicted octanol–water partition coefficient (Wildman–Crippen LogP) is 6.13. The number of thiazole rings is 2. The lowest BCUT2D eigenvalue weighted by Crippen LogP contribution is -2.38. The number of fused-ring (bicyclic) bond motifs is 1. The first kappa shape index (κ1) is 26.2. The Morgan fingerprint density at radius 2 is 1.86 bits per heavy atom. The fourth-order valence-corrected chi connectivity index (χ4v) is 7.70. The molecule has 3 heterocycles. The van der Waals surface area contributed by atoms with Crippen LogP contribution in [0.15, 0.2) is 6.20 Å². The molecule has 2 fully saturated rings. The summed E-state index contributed by atoms with van der Waals surface area (Å²) < 4.78 is 31.8. The van der Waals surface area contributed by atoms with Gasteiger partial charge in [-0.1, -0.05) is 24.2 Å². The van der Waals surface area contributed by atoms with Gasteiger partial charge in [-0.05, 0) is 51.0 Å². The van der Waals surface area contributed by atoms with Gasteiger partial charge in [0.25, 0.3) is 5.19 Å². The second-order valence-electron chi connectivity index (χ2n) is 11.1. The van der Waals surface area contributed by atoms with Gasteiger partial charge in [0, 0.05) is 67.1 Å². The van der Waals surface area contributed by atoms with Crippen LogP contribution in [0, 0.1) is 24.7 Å². The number of halogens is 2. The normalized spacial score (nSPS) is 24.6. The van der Waals surface area contributed by atoms with Crippen LogP contribution in [0.5, 0.6) is 5.19 Å². The van der Waals surface area contributed by atoms with E-state index in [1.165, 1.54) is 37.0 Å². The van der Waals surface area contributed by atoms with Gasteiger partial charge >= 0.3 is 0 Å². The maximum atomic E-state index is 13.0. The van der Waals surface area contributed by atoms with E-state index >= 15 is 0 Å². The molecule has 1 aliphatic heterocycles. The number of alkyl halides is 2. The number of hydrogen-bond acceptors (Lipinski definition) is 7. The molecule has 3 aliphatic rings. The van der Waals surface area contributed by atoms with E-state index in [2.05, 4.69) is 14.9 Å². The molecule has 5 nitrogen and oxygen atoms in total. The molecule has 36 heavy (non-hydrogen) atoms. The average molecular weight is 538 g/mol. The van der Waals surface area contributed by atoms with Gasteiger partial charge < -0.3 is 9.64 Å². The first-order chi connectivity index (χ1) is 17.3. The summed E-state index contributed by atoms with van der Waals surface area (Å²) >= 11 is 3.24. The maximum absolute atomic E-state index is 13.0. The molecule has 0 spiro atoms. The fourth-order valence-electron chi connectivity index (χ4n) is 5.93. The number of ketones is 1. The van der Waals surface area contributed by atoms with Crippen LogP contribution in [0.3, 0.4) is 0 Å². The van der Waals surface area contributed by atoms with Crippen molar-refractivity contribution >= 4 is 28.5 Å². The summed E-state index contributed by atoms with van der Waals surface area (Å²) in [5.74, 6) is -0.832. The monoisotopic (exact) mass is 537 g/mol. The van der Waals surface area contributed by atoms with E-state index in [0.29, 0.717) is 29.9 Å². The molecule has 9 heteroatoms. The van der Waals surface area contributed by atoms with Crippen LogP contribution < -0.4 is 4.74 Å². The molecule has 0 saturated heterocycles. The van der Waals surface area contributed by atoms with Crippen LogP contribution in [0.25, 0.3) is 0 Å². The van der Waals surface area contributed by atoms with E-state index in [9.17, 15) is 13.6 Å². The molecule has 0 unspecified atom stereocenters. The van der Waals surface area contributed by atoms with Crippen molar-refractivity contribution in [3.05, 3.63) is 26.7 Å². The van der Waals surface area contributed by atoms with Crippen molar-refractivity contribution in [3.63, 3.8) is 0 Å². The first-order valence-electron chi connectivity index (χ1n) is 13.5. The summed E-state index contributed by atoms with van der Waals surface area (Å²) in [7, 11) is 0. The number of aromatic nitrogens is 2. The molecule has 0 atom stereocenters. The third-order valence-electron chi connectivity index (χ3n) is 8.07. The highest BCUT2D eigenvalue weighted by atomic mass is 32.1. The Morgan fingerprint density at radius 3 is 2.58 bits per heavy atom. The number of rotatable bonds is 10. The van der Waals surface area contributed by atoms with Crippen molar-refractivity contribution in [2.75, 3.05) is 26.2 Å². The summed E-state index contributed by atoms with van der Waals surface area (Å²) in [6, 6.07) is 0. The Labute approximate surface area is 220 Å². The molecule has 0 N–H and O–H groups in total. The van der Waals surface area contributed by atoms with Crippen molar-refractivity contribution < 1.29 is 18.3 Å². The smallest absolute Gasteiger partial charge is 0.273 e. The SMILES string of the molecule is Cc1ncc(CC(=O)CC2CCC(CCN3CCc4nc(OCC5CC(F)(F)C5)sc4CC3)CC2)s1. The van der Waals surface area contributed by atoms with E-state index in [0.717, 1.165) is 60.4 Å². The van der Waals surface area contributed by atoms with E-state index < -0.39 is 5.92 Å². The quantitative estimate of drug-likeness (QED) is 0.365. The van der Waals surface area contributed by atoms with Gasteiger partial charge in [0.2, 0.25) is 5.92 Å². The molecule has 0 amide bonds. The van der Waals surface area contributed by atoms with Crippen molar-refractivity contribution in [2.45, 2.75) is 83.5 Å². The third kappa shape index (κ3) is 7.10. The van der Waals surface area contributed by atoms with Crippen molar-refractivity contribution in [1.29, 1.82) is 0 Å². The van der Waals surface area contributed by atoms with Crippen LogP contribution in [-0.4, -0.2) is 52.8 Å². The highest BCUT2D eigenvalue weighted by Gasteiger charge is 2.45. The Balaban J connectivity index is 0.973. The van der Waals surface area contributed by atoms with Gasteiger partial charge in [-0.25, -0.2) is 18.7 Å². The highest BCUT2D eigenvalue weighted by Crippen LogP contribution is 2.42. The lowest BCUT2D eigenvalue weighted by molar-refractivity contribution is -0.120. The zero-order chi connectivity index (χ0) is 25.1. The van der Waals surface area contributed by atoms with E-state index in [1.54, 1.807) is 22.7 Å². The minimum Gasteiger partial charge on any atom is -0.470 e. The van der Waals surface area contributed by atoms with Crippen LogP contribution in [0.2, 0.25) is 0 Å². The molecule has 2 saturated carbocycles. The molecule has 0 bridgehead atoms. The Hall–Kier alpha value is -1.45. The van der Waals surface area contributed by atoms with Crippen molar-refractivity contribution in [1.82, 2.24) is 14.9 Å². The van der Waals surface area contributed by atoms with Gasteiger partial charge in [-0.2, -0.15) is 0 Å². The van der Waals surface area contributed by atoms with Gasteiger partial charge in [0.15, 0.2) is 0 Å². The van der Waals surface area contributed by atoms with Crippen LogP contribution in [-0.2, 0) is 24.1 Å². The predicted molar refractivity (Wildman–Crippen MR) is 139 cm³/mol. The zero-order valence-electron chi connectivity index (χ0n) is 21.1. The number of Topliss-reactive ketones (excluding diaryl/α,β-unsaturated/α-hetero) is 1. The molecular formula is C27H37F2N3O2S2. The second kappa shape index (κ2) is 11.5. The summed E-state index contributed by atoms with van der Waals surface area (Å²) in [4.78, 5) is 26.4. The maximum Gasteiger partial charge on any atom is 0.273 e. The second-order valence-corrected chi connectivity index (χ2v) is 13.4. The van der Waals surface area contributed by atoms with Crippen LogP contribution >= 0.6 is 22.7 Å². The third-order valence-corrected chi connectivity index (χ3v) is 10.1. The molecule has 0 aromatic carbocycles. The Kier molecular flexibility index (Phi) is 8.37. The van der Waals surface area contributed by atoms with E-state index in [-0.39, 0.29) is 18.8 Å². The average Bonchev–Trinajstić information content (AvgIpc) is 3.36. The Morgan fingerprint density at radius 1 is 1.11 bits per heavy atom. The number of aryl methyl sites for hydroxylation is 1. The van der Waals surface area contributed by atoms with Gasteiger partial charge in [0.1, 0.15) is 5.78 Å². The van der Waals surface area contributed by atoms with Crippen LogP contribution in [0.4, 0.5) is 8.78 Å². The standard InChI is InChI=1S/C27H37F2N3O2S2/c1-18-30-16-23(35-18)13-22(33)12-20-4-2-19(3-5-20)6-9-32-10-7-24-25(8-11-32)36-26(31-24)34-17-21-14-27(28,29)15-21/h16,19-21H,2-15,17H2,1H3. The lowest BCUT2D eigenvalue weighted by atomic mass is 9.78. The molecule has 5 rings (SSSR count). The minimum atomic E-state index is -2.49. The summed E-state index contributed by atoms with van der Waals surface area (Å²) in [5, 5.41) is 1.69. The molecular weight excluding hydrogens is 500 g/mol. The van der Waals surface area contributed by atoms with Gasteiger partial charge in [-0.15, -0.1) is 11.3 Å². The number of hydrogen-bond donors (Lipinski definition) is 0. The molecule has 2 aromatic rings. The van der Waals surface area contributed by atoms with Crippen molar-refractivity contribution in [2.24, 2.45) is 17.8 Å². The minimum absolute atomic E-state index is 0.0390. The van der Waals surface area contributed by atoms with Crippen molar-refractivity contribution in [3.8, 4) is 5.19 Å². The highest BCUT2D eigenvalue weighted by molar-refractivity contribution is 7.13. The zero-order valence-corrected chi connectivity index (χ0v) is 22.8. The van der Waals surface area contributed by atoms with E-state index in [1.807, 2.05) is 13.1 Å². The van der Waals surface area contributed by atoms with Gasteiger partial charge in [-0.3, -0.25) is 4.79 Å². The largest absolute Gasteiger partial charge is 0.470 e. The Bertz CT molecular complexity index is 999. The van der Waals surface area contributed by atoms with Crippen LogP contribution in [0.1, 0.15) is 71.8 Å². The number of ether oxygens (including phenoxy) is 1. The number of carbonyl (C=O) groups is 1. The number of carbonyl (C=O) groups excluding carboxylic acids is 1. The lowest BCUT2D eigenvalue weighted by Gasteiger charge is -2.34. The first-order valence-corrected chi connectivity index (χ1v) is 15.1. The summed E-state index contributed by atoms with van der Waals surface area (Å²) in [6.07, 6.45) is 11.0. The molecule has 0 radical (unpaired) electrons. The number of nitrogens with zero attached hydrogens (tertiary/aromatic N) is 3. The fraction of sp³-hybridized carbons (Fsp3) is 0.741. The van der Waals surface area contributed by atoms with E-state index in [4.69, 9.17) is 4.74 Å². The molecule has 2 aliphatic carbocycles.